The molecule has 0 saturated heterocycles. The van der Waals surface area contributed by atoms with E-state index in [0.29, 0.717) is 6.54 Å². The number of carbonyl (C=O) groups excluding carboxylic acids is 1. The Bertz CT molecular complexity index is 569. The van der Waals surface area contributed by atoms with E-state index in [-0.39, 0.29) is 11.3 Å². The number of aromatic nitrogens is 2. The highest BCUT2D eigenvalue weighted by Crippen LogP contribution is 2.01. The van der Waals surface area contributed by atoms with Crippen LogP contribution in [0.5, 0.6) is 0 Å². The molecule has 0 aliphatic carbocycles. The van der Waals surface area contributed by atoms with Crippen LogP contribution in [-0.4, -0.2) is 22.9 Å². The average Bonchev–Trinajstić information content (AvgIpc) is 2.71. The van der Waals surface area contributed by atoms with Crippen LogP contribution in [-0.2, 0) is 11.3 Å². The molecule has 88 valence electrons. The lowest BCUT2D eigenvalue weighted by atomic mass is 10.2. The van der Waals surface area contributed by atoms with Crippen molar-refractivity contribution in [3.05, 3.63) is 58.0 Å². The van der Waals surface area contributed by atoms with Gasteiger partial charge in [0, 0.05) is 6.07 Å². The molecule has 1 heterocycles. The molecule has 0 atom stereocenters. The van der Waals surface area contributed by atoms with Crippen molar-refractivity contribution >= 4 is 5.97 Å². The van der Waals surface area contributed by atoms with E-state index < -0.39 is 5.97 Å². The van der Waals surface area contributed by atoms with Crippen LogP contribution in [0.15, 0.2) is 41.2 Å². The van der Waals surface area contributed by atoms with Crippen molar-refractivity contribution in [2.45, 2.75) is 6.54 Å². The molecule has 1 aromatic carbocycles. The van der Waals surface area contributed by atoms with Gasteiger partial charge >= 0.3 is 5.97 Å². The Morgan fingerprint density at radius 2 is 2.06 bits per heavy atom. The largest absolute Gasteiger partial charge is 0.464 e. The zero-order valence-corrected chi connectivity index (χ0v) is 9.34. The number of hydrogen-bond acceptors (Lipinski definition) is 3. The van der Waals surface area contributed by atoms with E-state index in [1.54, 1.807) is 0 Å². The Morgan fingerprint density at radius 1 is 1.35 bits per heavy atom. The highest BCUT2D eigenvalue weighted by Gasteiger charge is 2.10. The third kappa shape index (κ3) is 2.44. The fraction of sp³-hybridized carbons (Fsp3) is 0.167. The van der Waals surface area contributed by atoms with Crippen LogP contribution >= 0.6 is 0 Å². The van der Waals surface area contributed by atoms with E-state index in [9.17, 15) is 9.59 Å². The number of hydrogen-bond donors (Lipinski definition) is 1. The number of ether oxygens (including phenoxy) is 1. The van der Waals surface area contributed by atoms with Crippen molar-refractivity contribution in [1.82, 2.24) is 9.78 Å². The predicted molar refractivity (Wildman–Crippen MR) is 61.9 cm³/mol. The monoisotopic (exact) mass is 232 g/mol. The average molecular weight is 232 g/mol. The molecular formula is C12H12N2O3. The normalized spacial score (nSPS) is 10.2. The van der Waals surface area contributed by atoms with Crippen LogP contribution in [0.1, 0.15) is 16.1 Å². The van der Waals surface area contributed by atoms with Gasteiger partial charge in [-0.2, -0.15) is 0 Å². The Hall–Kier alpha value is -2.30. The van der Waals surface area contributed by atoms with Crippen molar-refractivity contribution in [2.75, 3.05) is 7.11 Å². The maximum absolute atomic E-state index is 11.6. The number of nitrogens with one attached hydrogen (secondary N) is 1. The summed E-state index contributed by atoms with van der Waals surface area (Å²) in [6.45, 7) is 0.399. The molecule has 5 heteroatoms. The number of carbonyl (C=O) groups is 1. The molecule has 0 fully saturated rings. The van der Waals surface area contributed by atoms with Crippen molar-refractivity contribution in [3.8, 4) is 0 Å². The van der Waals surface area contributed by atoms with Gasteiger partial charge in [0.2, 0.25) is 0 Å². The lowest BCUT2D eigenvalue weighted by Gasteiger charge is -2.01. The number of nitrogens with zero attached hydrogens (tertiary/aromatic N) is 1. The minimum atomic E-state index is -0.547. The molecule has 0 radical (unpaired) electrons. The molecular weight excluding hydrogens is 220 g/mol. The number of benzene rings is 1. The van der Waals surface area contributed by atoms with Gasteiger partial charge in [0.15, 0.2) is 0 Å². The maximum Gasteiger partial charge on any atom is 0.356 e. The van der Waals surface area contributed by atoms with Crippen molar-refractivity contribution in [1.29, 1.82) is 0 Å². The van der Waals surface area contributed by atoms with Crippen LogP contribution in [0.3, 0.4) is 0 Å². The van der Waals surface area contributed by atoms with E-state index in [4.69, 9.17) is 0 Å². The zero-order chi connectivity index (χ0) is 12.3. The molecule has 0 aliphatic rings. The summed E-state index contributed by atoms with van der Waals surface area (Å²) in [7, 11) is 1.27. The lowest BCUT2D eigenvalue weighted by molar-refractivity contribution is 0.0593. The van der Waals surface area contributed by atoms with Gasteiger partial charge < -0.3 is 4.74 Å². The van der Waals surface area contributed by atoms with Crippen molar-refractivity contribution in [3.63, 3.8) is 0 Å². The first-order valence-electron chi connectivity index (χ1n) is 5.13. The molecule has 1 N–H and O–H groups in total. The standard InChI is InChI=1S/C12H12N2O3/c1-17-12(16)10-7-11(15)14(13-10)8-9-5-3-2-4-6-9/h2-7,13H,8H2,1H3. The van der Waals surface area contributed by atoms with Crippen LogP contribution in [0, 0.1) is 0 Å². The predicted octanol–water partition coefficient (Wildman–Crippen LogP) is 1.01. The van der Waals surface area contributed by atoms with E-state index in [1.165, 1.54) is 17.9 Å². The van der Waals surface area contributed by atoms with Crippen molar-refractivity contribution < 1.29 is 9.53 Å². The first kappa shape index (κ1) is 11.2. The highest BCUT2D eigenvalue weighted by atomic mass is 16.5. The van der Waals surface area contributed by atoms with E-state index in [0.717, 1.165) is 5.56 Å². The Balaban J connectivity index is 2.26. The SMILES string of the molecule is COC(=O)c1cc(=O)n(Cc2ccccc2)[nH]1. The van der Waals surface area contributed by atoms with Gasteiger partial charge in [0.1, 0.15) is 5.69 Å². The summed E-state index contributed by atoms with van der Waals surface area (Å²) in [6, 6.07) is 10.7. The maximum atomic E-state index is 11.6. The van der Waals surface area contributed by atoms with Crippen LogP contribution in [0.25, 0.3) is 0 Å². The number of esters is 1. The minimum absolute atomic E-state index is 0.161. The smallest absolute Gasteiger partial charge is 0.356 e. The summed E-state index contributed by atoms with van der Waals surface area (Å²) in [5.74, 6) is -0.547. The number of methoxy groups -OCH3 is 1. The molecule has 0 bridgehead atoms. The fourth-order valence-corrected chi connectivity index (χ4v) is 1.53. The second-order valence-corrected chi connectivity index (χ2v) is 3.57. The number of H-pyrrole nitrogens is 1. The van der Waals surface area contributed by atoms with Gasteiger partial charge in [-0.15, -0.1) is 0 Å². The Kier molecular flexibility index (Phi) is 3.09. The summed E-state index contributed by atoms with van der Waals surface area (Å²) in [5.41, 5.74) is 0.885. The number of aromatic amines is 1. The molecule has 5 nitrogen and oxygen atoms in total. The van der Waals surface area contributed by atoms with E-state index in [1.807, 2.05) is 30.3 Å². The van der Waals surface area contributed by atoms with E-state index in [2.05, 4.69) is 9.84 Å². The Labute approximate surface area is 97.6 Å². The topological polar surface area (TPSA) is 64.1 Å². The second-order valence-electron chi connectivity index (χ2n) is 3.57. The van der Waals surface area contributed by atoms with Gasteiger partial charge in [0.25, 0.3) is 5.56 Å². The molecule has 1 aromatic heterocycles. The molecule has 17 heavy (non-hydrogen) atoms. The third-order valence-corrected chi connectivity index (χ3v) is 2.38. The van der Waals surface area contributed by atoms with Gasteiger partial charge in [-0.05, 0) is 5.56 Å². The van der Waals surface area contributed by atoms with Gasteiger partial charge in [-0.1, -0.05) is 30.3 Å². The molecule has 0 aliphatic heterocycles. The lowest BCUT2D eigenvalue weighted by Crippen LogP contribution is -2.16. The minimum Gasteiger partial charge on any atom is -0.464 e. The van der Waals surface area contributed by atoms with Crippen LogP contribution < -0.4 is 5.56 Å². The quantitative estimate of drug-likeness (QED) is 0.803. The first-order chi connectivity index (χ1) is 8.20. The van der Waals surface area contributed by atoms with Gasteiger partial charge in [-0.3, -0.25) is 9.89 Å². The molecule has 0 unspecified atom stereocenters. The van der Waals surface area contributed by atoms with Gasteiger partial charge in [-0.25, -0.2) is 9.48 Å². The molecule has 0 amide bonds. The van der Waals surface area contributed by atoms with Crippen LogP contribution in [0.4, 0.5) is 0 Å². The summed E-state index contributed by atoms with van der Waals surface area (Å²) in [6.07, 6.45) is 0. The van der Waals surface area contributed by atoms with E-state index >= 15 is 0 Å². The first-order valence-corrected chi connectivity index (χ1v) is 5.13. The summed E-state index contributed by atoms with van der Waals surface area (Å²) >= 11 is 0. The highest BCUT2D eigenvalue weighted by molar-refractivity contribution is 5.86. The molecule has 2 aromatic rings. The van der Waals surface area contributed by atoms with Crippen LogP contribution in [0.2, 0.25) is 0 Å². The summed E-state index contributed by atoms with van der Waals surface area (Å²) in [4.78, 5) is 22.8. The summed E-state index contributed by atoms with van der Waals surface area (Å²) < 4.78 is 5.90. The molecule has 0 spiro atoms. The molecule has 2 rings (SSSR count). The zero-order valence-electron chi connectivity index (χ0n) is 9.34. The van der Waals surface area contributed by atoms with Crippen molar-refractivity contribution in [2.24, 2.45) is 0 Å². The third-order valence-electron chi connectivity index (χ3n) is 2.38. The molecule has 0 saturated carbocycles. The summed E-state index contributed by atoms with van der Waals surface area (Å²) in [5, 5.41) is 2.71. The second kappa shape index (κ2) is 4.69. The fourth-order valence-electron chi connectivity index (χ4n) is 1.53. The van der Waals surface area contributed by atoms with Gasteiger partial charge in [0.05, 0.1) is 13.7 Å². The Morgan fingerprint density at radius 3 is 2.71 bits per heavy atom. The number of rotatable bonds is 3.